The molecule has 0 radical (unpaired) electrons. The van der Waals surface area contributed by atoms with E-state index in [-0.39, 0.29) is 11.5 Å². The first kappa shape index (κ1) is 15.1. The molecule has 1 heterocycles. The zero-order chi connectivity index (χ0) is 15.1. The normalized spacial score (nSPS) is 11.4. The summed E-state index contributed by atoms with van der Waals surface area (Å²) in [6.45, 7) is 0.167. The molecule has 0 N–H and O–H groups in total. The van der Waals surface area contributed by atoms with Gasteiger partial charge in [-0.1, -0.05) is 48.0 Å². The second-order valence-corrected chi connectivity index (χ2v) is 4.91. The van der Waals surface area contributed by atoms with Crippen LogP contribution >= 0.6 is 11.6 Å². The summed E-state index contributed by atoms with van der Waals surface area (Å²) >= 11 is 5.72. The monoisotopic (exact) mass is 303 g/mol. The third-order valence-corrected chi connectivity index (χ3v) is 3.06. The topological polar surface area (TPSA) is 68.4 Å². The molecule has 0 amide bonds. The van der Waals surface area contributed by atoms with Crippen molar-refractivity contribution in [1.29, 1.82) is 0 Å². The molecule has 0 spiro atoms. The molecule has 0 fully saturated rings. The van der Waals surface area contributed by atoms with Crippen LogP contribution in [0.2, 0.25) is 5.15 Å². The van der Waals surface area contributed by atoms with Gasteiger partial charge in [-0.3, -0.25) is 15.1 Å². The van der Waals surface area contributed by atoms with Crippen LogP contribution in [0, 0.1) is 10.1 Å². The molecule has 108 valence electrons. The lowest BCUT2D eigenvalue weighted by molar-refractivity contribution is -0.463. The highest BCUT2D eigenvalue weighted by molar-refractivity contribution is 6.29. The van der Waals surface area contributed by atoms with E-state index < -0.39 is 0 Å². The zero-order valence-corrected chi connectivity index (χ0v) is 12.0. The fourth-order valence-corrected chi connectivity index (χ4v) is 1.96. The van der Waals surface area contributed by atoms with E-state index in [1.54, 1.807) is 18.3 Å². The predicted molar refractivity (Wildman–Crippen MR) is 82.4 cm³/mol. The SMILES string of the molecule is O=[N+]([O-])CC(Cc1ccc(Cl)nc1)=NCc1ccccc1. The number of hydrogen-bond acceptors (Lipinski definition) is 4. The van der Waals surface area contributed by atoms with Gasteiger partial charge in [0.15, 0.2) is 0 Å². The molecule has 2 rings (SSSR count). The van der Waals surface area contributed by atoms with Crippen molar-refractivity contribution in [2.45, 2.75) is 13.0 Å². The Balaban J connectivity index is 2.10. The average Bonchev–Trinajstić information content (AvgIpc) is 2.48. The van der Waals surface area contributed by atoms with E-state index >= 15 is 0 Å². The van der Waals surface area contributed by atoms with Crippen LogP contribution < -0.4 is 0 Å². The number of rotatable bonds is 6. The number of benzene rings is 1. The largest absolute Gasteiger partial charge is 0.282 e. The second-order valence-electron chi connectivity index (χ2n) is 4.52. The van der Waals surface area contributed by atoms with E-state index in [4.69, 9.17) is 11.6 Å². The standard InChI is InChI=1S/C15H14ClN3O2/c16-15-7-6-13(10-18-15)8-14(11-19(20)21)17-9-12-4-2-1-3-5-12/h1-7,10H,8-9,11H2. The summed E-state index contributed by atoms with van der Waals surface area (Å²) in [5.74, 6) is 0. The van der Waals surface area contributed by atoms with E-state index in [0.717, 1.165) is 11.1 Å². The molecular weight excluding hydrogens is 290 g/mol. The number of aliphatic imine (C=N–C) groups is 1. The minimum Gasteiger partial charge on any atom is -0.282 e. The Hall–Kier alpha value is -2.27. The third-order valence-electron chi connectivity index (χ3n) is 2.84. The average molecular weight is 304 g/mol. The van der Waals surface area contributed by atoms with Gasteiger partial charge in [0, 0.05) is 17.5 Å². The van der Waals surface area contributed by atoms with Gasteiger partial charge in [0.1, 0.15) is 5.15 Å². The Morgan fingerprint density at radius 2 is 1.95 bits per heavy atom. The van der Waals surface area contributed by atoms with Gasteiger partial charge in [-0.05, 0) is 17.2 Å². The van der Waals surface area contributed by atoms with Crippen molar-refractivity contribution in [3.05, 3.63) is 75.1 Å². The molecule has 0 aliphatic carbocycles. The van der Waals surface area contributed by atoms with Crippen molar-refractivity contribution in [2.24, 2.45) is 4.99 Å². The van der Waals surface area contributed by atoms with Crippen LogP contribution in [0.3, 0.4) is 0 Å². The molecule has 21 heavy (non-hydrogen) atoms. The molecule has 0 aliphatic rings. The molecule has 0 aliphatic heterocycles. The summed E-state index contributed by atoms with van der Waals surface area (Å²) in [5.41, 5.74) is 2.40. The Bertz CT molecular complexity index is 627. The molecule has 0 atom stereocenters. The minimum absolute atomic E-state index is 0.268. The third kappa shape index (κ3) is 5.31. The fourth-order valence-electron chi connectivity index (χ4n) is 1.84. The molecular formula is C15H14ClN3O2. The summed E-state index contributed by atoms with van der Waals surface area (Å²) in [5, 5.41) is 11.2. The zero-order valence-electron chi connectivity index (χ0n) is 11.3. The molecule has 1 aromatic carbocycles. The maximum atomic E-state index is 10.8. The van der Waals surface area contributed by atoms with E-state index in [9.17, 15) is 10.1 Å². The van der Waals surface area contributed by atoms with E-state index in [1.807, 2.05) is 30.3 Å². The summed E-state index contributed by atoms with van der Waals surface area (Å²) in [6.07, 6.45) is 2.01. The Labute approximate surface area is 127 Å². The second kappa shape index (κ2) is 7.50. The maximum absolute atomic E-state index is 10.8. The molecule has 0 unspecified atom stereocenters. The summed E-state index contributed by atoms with van der Waals surface area (Å²) in [4.78, 5) is 18.7. The molecule has 6 heteroatoms. The summed E-state index contributed by atoms with van der Waals surface area (Å²) in [7, 11) is 0. The number of hydrogen-bond donors (Lipinski definition) is 0. The Morgan fingerprint density at radius 3 is 2.57 bits per heavy atom. The lowest BCUT2D eigenvalue weighted by Gasteiger charge is -2.04. The lowest BCUT2D eigenvalue weighted by Crippen LogP contribution is -2.17. The first-order chi connectivity index (χ1) is 10.1. The van der Waals surface area contributed by atoms with Crippen molar-refractivity contribution in [3.8, 4) is 0 Å². The number of nitrogens with zero attached hydrogens (tertiary/aromatic N) is 3. The highest BCUT2D eigenvalue weighted by atomic mass is 35.5. The van der Waals surface area contributed by atoms with Crippen molar-refractivity contribution in [3.63, 3.8) is 0 Å². The Morgan fingerprint density at radius 1 is 1.19 bits per heavy atom. The summed E-state index contributed by atoms with van der Waals surface area (Å²) < 4.78 is 0. The van der Waals surface area contributed by atoms with Gasteiger partial charge in [0.2, 0.25) is 6.54 Å². The summed E-state index contributed by atoms with van der Waals surface area (Å²) in [6, 6.07) is 13.1. The van der Waals surface area contributed by atoms with E-state index in [2.05, 4.69) is 9.98 Å². The fraction of sp³-hybridized carbons (Fsp3) is 0.200. The van der Waals surface area contributed by atoms with Gasteiger partial charge in [0.05, 0.1) is 12.3 Å². The van der Waals surface area contributed by atoms with Crippen molar-refractivity contribution in [1.82, 2.24) is 4.98 Å². The van der Waals surface area contributed by atoms with Gasteiger partial charge in [-0.15, -0.1) is 0 Å². The van der Waals surface area contributed by atoms with Gasteiger partial charge in [-0.2, -0.15) is 0 Å². The van der Waals surface area contributed by atoms with Gasteiger partial charge in [0.25, 0.3) is 0 Å². The molecule has 5 nitrogen and oxygen atoms in total. The molecule has 0 saturated heterocycles. The van der Waals surface area contributed by atoms with Crippen molar-refractivity contribution in [2.75, 3.05) is 6.54 Å². The van der Waals surface area contributed by atoms with E-state index in [1.165, 1.54) is 0 Å². The van der Waals surface area contributed by atoms with E-state index in [0.29, 0.717) is 23.8 Å². The van der Waals surface area contributed by atoms with Crippen LogP contribution in [0.5, 0.6) is 0 Å². The lowest BCUT2D eigenvalue weighted by atomic mass is 10.1. The maximum Gasteiger partial charge on any atom is 0.241 e. The quantitative estimate of drug-likeness (QED) is 0.356. The predicted octanol–water partition coefficient (Wildman–Crippen LogP) is 3.20. The number of halogens is 1. The minimum atomic E-state index is -0.368. The van der Waals surface area contributed by atoms with Crippen LogP contribution in [0.1, 0.15) is 11.1 Å². The van der Waals surface area contributed by atoms with Crippen LogP contribution in [0.4, 0.5) is 0 Å². The molecule has 0 bridgehead atoms. The molecule has 1 aromatic heterocycles. The van der Waals surface area contributed by atoms with Gasteiger partial charge >= 0.3 is 0 Å². The van der Waals surface area contributed by atoms with Crippen molar-refractivity contribution >= 4 is 17.3 Å². The first-order valence-electron chi connectivity index (χ1n) is 6.42. The van der Waals surface area contributed by atoms with Crippen LogP contribution in [0.15, 0.2) is 53.7 Å². The highest BCUT2D eigenvalue weighted by Crippen LogP contribution is 2.08. The van der Waals surface area contributed by atoms with Gasteiger partial charge in [-0.25, -0.2) is 4.98 Å². The number of aromatic nitrogens is 1. The number of nitro groups is 1. The molecule has 0 saturated carbocycles. The van der Waals surface area contributed by atoms with Crippen LogP contribution in [0.25, 0.3) is 0 Å². The van der Waals surface area contributed by atoms with Crippen molar-refractivity contribution < 1.29 is 4.92 Å². The van der Waals surface area contributed by atoms with Gasteiger partial charge < -0.3 is 0 Å². The van der Waals surface area contributed by atoms with Crippen LogP contribution in [-0.2, 0) is 13.0 Å². The Kier molecular flexibility index (Phi) is 5.40. The smallest absolute Gasteiger partial charge is 0.241 e. The van der Waals surface area contributed by atoms with Crippen LogP contribution in [-0.4, -0.2) is 22.2 Å². The first-order valence-corrected chi connectivity index (χ1v) is 6.79. The molecule has 2 aromatic rings. The highest BCUT2D eigenvalue weighted by Gasteiger charge is 2.09. The number of pyridine rings is 1.